The Labute approximate surface area is 149 Å². The molecule has 0 saturated carbocycles. The second-order valence-corrected chi connectivity index (χ2v) is 5.73. The summed E-state index contributed by atoms with van der Waals surface area (Å²) in [5.74, 6) is -0.717. The number of anilines is 1. The molecule has 25 heavy (non-hydrogen) atoms. The highest BCUT2D eigenvalue weighted by Crippen LogP contribution is 2.14. The highest BCUT2D eigenvalue weighted by atomic mass is 16.2. The zero-order valence-electron chi connectivity index (χ0n) is 15.2. The summed E-state index contributed by atoms with van der Waals surface area (Å²) in [6.07, 6.45) is 3.65. The van der Waals surface area contributed by atoms with Crippen LogP contribution in [0.2, 0.25) is 0 Å². The molecule has 0 aromatic heterocycles. The lowest BCUT2D eigenvalue weighted by Gasteiger charge is -2.18. The molecule has 1 aromatic rings. The van der Waals surface area contributed by atoms with E-state index in [1.165, 1.54) is 11.0 Å². The van der Waals surface area contributed by atoms with Crippen molar-refractivity contribution < 1.29 is 14.4 Å². The third kappa shape index (κ3) is 6.06. The van der Waals surface area contributed by atoms with E-state index in [1.807, 2.05) is 6.92 Å². The smallest absolute Gasteiger partial charge is 0.251 e. The van der Waals surface area contributed by atoms with Gasteiger partial charge in [-0.05, 0) is 43.2 Å². The first-order valence-corrected chi connectivity index (χ1v) is 8.53. The van der Waals surface area contributed by atoms with Gasteiger partial charge in [-0.25, -0.2) is 0 Å². The van der Waals surface area contributed by atoms with Crippen molar-refractivity contribution in [2.75, 3.05) is 18.5 Å². The SMILES string of the molecule is C=CC(=O)N(C)c1ccc(C(=O)N[C@@H](CC)C(=O)NCCCC)cc1. The third-order valence-electron chi connectivity index (χ3n) is 3.88. The zero-order valence-corrected chi connectivity index (χ0v) is 15.2. The van der Waals surface area contributed by atoms with Crippen molar-refractivity contribution in [2.24, 2.45) is 0 Å². The molecule has 136 valence electrons. The molecule has 0 bridgehead atoms. The molecule has 0 aliphatic heterocycles. The van der Waals surface area contributed by atoms with Crippen molar-refractivity contribution in [3.8, 4) is 0 Å². The molecule has 6 heteroatoms. The average molecular weight is 345 g/mol. The van der Waals surface area contributed by atoms with Crippen LogP contribution in [0.15, 0.2) is 36.9 Å². The Morgan fingerprint density at radius 1 is 1.20 bits per heavy atom. The maximum absolute atomic E-state index is 12.3. The van der Waals surface area contributed by atoms with Crippen molar-refractivity contribution >= 4 is 23.4 Å². The summed E-state index contributed by atoms with van der Waals surface area (Å²) in [4.78, 5) is 37.4. The molecule has 3 amide bonds. The number of hydrogen-bond donors (Lipinski definition) is 2. The number of nitrogens with zero attached hydrogens (tertiary/aromatic N) is 1. The first-order valence-electron chi connectivity index (χ1n) is 8.53. The monoisotopic (exact) mass is 345 g/mol. The highest BCUT2D eigenvalue weighted by Gasteiger charge is 2.19. The van der Waals surface area contributed by atoms with Crippen LogP contribution in [-0.2, 0) is 9.59 Å². The van der Waals surface area contributed by atoms with E-state index in [1.54, 1.807) is 31.3 Å². The fourth-order valence-electron chi connectivity index (χ4n) is 2.21. The van der Waals surface area contributed by atoms with E-state index in [0.29, 0.717) is 24.2 Å². The van der Waals surface area contributed by atoms with Gasteiger partial charge in [0.15, 0.2) is 0 Å². The van der Waals surface area contributed by atoms with Gasteiger partial charge in [0, 0.05) is 24.8 Å². The minimum Gasteiger partial charge on any atom is -0.354 e. The van der Waals surface area contributed by atoms with Gasteiger partial charge in [0.25, 0.3) is 5.91 Å². The van der Waals surface area contributed by atoms with Gasteiger partial charge < -0.3 is 15.5 Å². The summed E-state index contributed by atoms with van der Waals surface area (Å²) < 4.78 is 0. The highest BCUT2D eigenvalue weighted by molar-refractivity contribution is 6.01. The lowest BCUT2D eigenvalue weighted by atomic mass is 10.1. The van der Waals surface area contributed by atoms with Crippen molar-refractivity contribution in [3.05, 3.63) is 42.5 Å². The summed E-state index contributed by atoms with van der Waals surface area (Å²) in [5, 5.41) is 5.57. The Morgan fingerprint density at radius 2 is 1.84 bits per heavy atom. The van der Waals surface area contributed by atoms with E-state index in [4.69, 9.17) is 0 Å². The average Bonchev–Trinajstić information content (AvgIpc) is 2.64. The third-order valence-corrected chi connectivity index (χ3v) is 3.88. The van der Waals surface area contributed by atoms with Gasteiger partial charge >= 0.3 is 0 Å². The number of rotatable bonds is 9. The second-order valence-electron chi connectivity index (χ2n) is 5.73. The van der Waals surface area contributed by atoms with E-state index in [9.17, 15) is 14.4 Å². The van der Waals surface area contributed by atoms with Crippen molar-refractivity contribution in [3.63, 3.8) is 0 Å². The molecule has 0 fully saturated rings. The molecule has 0 spiro atoms. The molecule has 0 heterocycles. The summed E-state index contributed by atoms with van der Waals surface area (Å²) in [6.45, 7) is 7.96. The van der Waals surface area contributed by atoms with E-state index >= 15 is 0 Å². The lowest BCUT2D eigenvalue weighted by Crippen LogP contribution is -2.46. The predicted molar refractivity (Wildman–Crippen MR) is 99.5 cm³/mol. The minimum atomic E-state index is -0.561. The Bertz CT molecular complexity index is 611. The molecule has 1 rings (SSSR count). The van der Waals surface area contributed by atoms with Gasteiger partial charge in [-0.1, -0.05) is 26.8 Å². The molecular weight excluding hydrogens is 318 g/mol. The van der Waals surface area contributed by atoms with Crippen LogP contribution in [0.25, 0.3) is 0 Å². The number of carbonyl (C=O) groups excluding carboxylic acids is 3. The van der Waals surface area contributed by atoms with Crippen molar-refractivity contribution in [1.29, 1.82) is 0 Å². The molecule has 6 nitrogen and oxygen atoms in total. The summed E-state index contributed by atoms with van der Waals surface area (Å²) in [6, 6.07) is 6.05. The number of hydrogen-bond acceptors (Lipinski definition) is 3. The van der Waals surface area contributed by atoms with E-state index in [0.717, 1.165) is 12.8 Å². The Morgan fingerprint density at radius 3 is 2.36 bits per heavy atom. The number of amides is 3. The normalized spacial score (nSPS) is 11.3. The maximum atomic E-state index is 12.3. The van der Waals surface area contributed by atoms with Gasteiger partial charge in [-0.15, -0.1) is 0 Å². The van der Waals surface area contributed by atoms with Crippen molar-refractivity contribution in [1.82, 2.24) is 10.6 Å². The molecule has 0 unspecified atom stereocenters. The van der Waals surface area contributed by atoms with E-state index < -0.39 is 6.04 Å². The van der Waals surface area contributed by atoms with Crippen LogP contribution in [-0.4, -0.2) is 37.4 Å². The van der Waals surface area contributed by atoms with Crippen LogP contribution in [0.1, 0.15) is 43.5 Å². The number of carbonyl (C=O) groups is 3. The summed E-state index contributed by atoms with van der Waals surface area (Å²) in [5.41, 5.74) is 1.09. The van der Waals surface area contributed by atoms with Crippen LogP contribution >= 0.6 is 0 Å². The van der Waals surface area contributed by atoms with Gasteiger partial charge in [0.05, 0.1) is 0 Å². The van der Waals surface area contributed by atoms with Crippen LogP contribution in [0.4, 0.5) is 5.69 Å². The minimum absolute atomic E-state index is 0.169. The van der Waals surface area contributed by atoms with Crippen LogP contribution in [0, 0.1) is 0 Å². The number of likely N-dealkylation sites (N-methyl/N-ethyl adjacent to an activating group) is 1. The second kappa shape index (κ2) is 10.3. The van der Waals surface area contributed by atoms with E-state index in [-0.39, 0.29) is 17.7 Å². The molecule has 2 N–H and O–H groups in total. The standard InChI is InChI=1S/C19H27N3O3/c1-5-8-13-20-19(25)16(6-2)21-18(24)14-9-11-15(12-10-14)22(4)17(23)7-3/h7,9-12,16H,3,5-6,8,13H2,1-2,4H3,(H,20,25)(H,21,24)/t16-/m0/s1. The Kier molecular flexibility index (Phi) is 8.39. The fourth-order valence-corrected chi connectivity index (χ4v) is 2.21. The molecular formula is C19H27N3O3. The number of benzene rings is 1. The first kappa shape index (κ1) is 20.4. The quantitative estimate of drug-likeness (QED) is 0.532. The molecule has 1 atom stereocenters. The van der Waals surface area contributed by atoms with Crippen LogP contribution in [0.3, 0.4) is 0 Å². The zero-order chi connectivity index (χ0) is 18.8. The van der Waals surface area contributed by atoms with Gasteiger partial charge in [0.1, 0.15) is 6.04 Å². The topological polar surface area (TPSA) is 78.5 Å². The first-order chi connectivity index (χ1) is 11.9. The Balaban J connectivity index is 2.70. The largest absolute Gasteiger partial charge is 0.354 e. The molecule has 0 saturated heterocycles. The van der Waals surface area contributed by atoms with Gasteiger partial charge in [0.2, 0.25) is 11.8 Å². The fraction of sp³-hybridized carbons (Fsp3) is 0.421. The maximum Gasteiger partial charge on any atom is 0.251 e. The predicted octanol–water partition coefficient (Wildman–Crippen LogP) is 2.26. The van der Waals surface area contributed by atoms with Gasteiger partial charge in [-0.2, -0.15) is 0 Å². The molecule has 0 aliphatic carbocycles. The molecule has 1 aromatic carbocycles. The van der Waals surface area contributed by atoms with Crippen molar-refractivity contribution in [2.45, 2.75) is 39.2 Å². The van der Waals surface area contributed by atoms with Crippen LogP contribution < -0.4 is 15.5 Å². The van der Waals surface area contributed by atoms with Gasteiger partial charge in [-0.3, -0.25) is 14.4 Å². The number of nitrogens with one attached hydrogen (secondary N) is 2. The molecule has 0 aliphatic rings. The van der Waals surface area contributed by atoms with E-state index in [2.05, 4.69) is 24.1 Å². The lowest BCUT2D eigenvalue weighted by molar-refractivity contribution is -0.123. The number of unbranched alkanes of at least 4 members (excludes halogenated alkanes) is 1. The molecule has 0 radical (unpaired) electrons. The summed E-state index contributed by atoms with van der Waals surface area (Å²) in [7, 11) is 1.63. The Hall–Kier alpha value is -2.63. The van der Waals surface area contributed by atoms with Crippen LogP contribution in [0.5, 0.6) is 0 Å². The summed E-state index contributed by atoms with van der Waals surface area (Å²) >= 11 is 0.